The maximum Gasteiger partial charge on any atom is 0.261 e. The van der Waals surface area contributed by atoms with Gasteiger partial charge in [-0.1, -0.05) is 129 Å². The summed E-state index contributed by atoms with van der Waals surface area (Å²) in [5.74, 6) is 1.13. The molecule has 0 bridgehead atoms. The van der Waals surface area contributed by atoms with Crippen molar-refractivity contribution in [3.63, 3.8) is 0 Å². The highest BCUT2D eigenvalue weighted by Gasteiger charge is 2.38. The first-order valence-electron chi connectivity index (χ1n) is 18.2. The van der Waals surface area contributed by atoms with Crippen molar-refractivity contribution in [1.82, 2.24) is 9.80 Å². The van der Waals surface area contributed by atoms with Gasteiger partial charge in [-0.25, -0.2) is 0 Å². The second-order valence-corrected chi connectivity index (χ2v) is 12.8. The molecule has 1 aliphatic heterocycles. The number of carbonyl (C=O) groups excluding carboxylic acids is 2. The van der Waals surface area contributed by atoms with Gasteiger partial charge in [0.2, 0.25) is 6.41 Å². The van der Waals surface area contributed by atoms with Gasteiger partial charge in [-0.15, -0.1) is 0 Å². The number of rotatable bonds is 26. The Morgan fingerprint density at radius 1 is 0.711 bits per heavy atom. The lowest BCUT2D eigenvalue weighted by atomic mass is 10.0. The molecule has 2 aromatic heterocycles. The van der Waals surface area contributed by atoms with Crippen LogP contribution >= 0.6 is 0 Å². The Labute approximate surface area is 273 Å². The van der Waals surface area contributed by atoms with Crippen molar-refractivity contribution < 1.29 is 18.4 Å². The van der Waals surface area contributed by atoms with Crippen LogP contribution in [0.4, 0.5) is 0 Å². The van der Waals surface area contributed by atoms with Gasteiger partial charge < -0.3 is 18.6 Å². The minimum Gasteiger partial charge on any atom is -0.463 e. The molecule has 250 valence electrons. The Hall–Kier alpha value is -3.02. The molecule has 0 N–H and O–H groups in total. The molecule has 0 unspecified atom stereocenters. The Kier molecular flexibility index (Phi) is 17.6. The summed E-state index contributed by atoms with van der Waals surface area (Å²) in [6, 6.07) is 7.42. The molecule has 0 spiro atoms. The lowest BCUT2D eigenvalue weighted by Crippen LogP contribution is -2.29. The van der Waals surface area contributed by atoms with Gasteiger partial charge in [-0.2, -0.15) is 0 Å². The molecular weight excluding hydrogens is 560 g/mol. The summed E-state index contributed by atoms with van der Waals surface area (Å²) in [6.07, 6.45) is 28.8. The molecule has 0 saturated heterocycles. The molecule has 0 atom stereocenters. The first-order valence-corrected chi connectivity index (χ1v) is 18.2. The molecule has 45 heavy (non-hydrogen) atoms. The zero-order valence-corrected chi connectivity index (χ0v) is 28.6. The van der Waals surface area contributed by atoms with Crippen LogP contribution in [-0.2, 0) is 9.59 Å². The number of hydrogen-bond acceptors (Lipinski definition) is 4. The minimum absolute atomic E-state index is 0.0869. The van der Waals surface area contributed by atoms with Crippen LogP contribution < -0.4 is 0 Å². The van der Waals surface area contributed by atoms with E-state index in [0.717, 1.165) is 43.4 Å². The van der Waals surface area contributed by atoms with E-state index in [0.29, 0.717) is 35.9 Å². The van der Waals surface area contributed by atoms with Crippen LogP contribution in [-0.4, -0.2) is 35.2 Å². The van der Waals surface area contributed by atoms with Gasteiger partial charge in [0.25, 0.3) is 5.91 Å². The van der Waals surface area contributed by atoms with E-state index in [1.54, 1.807) is 17.4 Å². The molecule has 6 nitrogen and oxygen atoms in total. The fourth-order valence-corrected chi connectivity index (χ4v) is 6.51. The van der Waals surface area contributed by atoms with Crippen LogP contribution in [0.2, 0.25) is 0 Å². The number of unbranched alkanes of at least 4 members (excludes halogenated alkanes) is 18. The highest BCUT2D eigenvalue weighted by atomic mass is 16.3. The SMILES string of the molecule is CCCCCCCCCCCCN1C(=O)/C(=C(\c2ccco2)N(C=O)CCCCCCCCCCCC)C(C)=C1c1ccco1. The largest absolute Gasteiger partial charge is 0.463 e. The van der Waals surface area contributed by atoms with Crippen molar-refractivity contribution in [2.75, 3.05) is 13.1 Å². The van der Waals surface area contributed by atoms with Gasteiger partial charge in [0.1, 0.15) is 0 Å². The summed E-state index contributed by atoms with van der Waals surface area (Å²) in [5.41, 5.74) is 2.71. The highest BCUT2D eigenvalue weighted by molar-refractivity contribution is 6.14. The van der Waals surface area contributed by atoms with Crippen LogP contribution in [0.5, 0.6) is 0 Å². The zero-order valence-electron chi connectivity index (χ0n) is 28.6. The Morgan fingerprint density at radius 3 is 1.71 bits per heavy atom. The highest BCUT2D eigenvalue weighted by Crippen LogP contribution is 2.40. The molecule has 1 aliphatic rings. The maximum absolute atomic E-state index is 14.2. The maximum atomic E-state index is 14.2. The monoisotopic (exact) mass is 620 g/mol. The topological polar surface area (TPSA) is 66.9 Å². The van der Waals surface area contributed by atoms with E-state index in [-0.39, 0.29) is 5.91 Å². The quantitative estimate of drug-likeness (QED) is 0.0596. The lowest BCUT2D eigenvalue weighted by molar-refractivity contribution is -0.123. The lowest BCUT2D eigenvalue weighted by Gasteiger charge is -2.23. The summed E-state index contributed by atoms with van der Waals surface area (Å²) in [4.78, 5) is 30.3. The van der Waals surface area contributed by atoms with Crippen LogP contribution in [0.3, 0.4) is 0 Å². The van der Waals surface area contributed by atoms with Crippen molar-refractivity contribution in [3.8, 4) is 0 Å². The summed E-state index contributed by atoms with van der Waals surface area (Å²) in [6.45, 7) is 7.65. The van der Waals surface area contributed by atoms with E-state index in [1.165, 1.54) is 103 Å². The summed E-state index contributed by atoms with van der Waals surface area (Å²) >= 11 is 0. The molecular formula is C39H60N2O4. The van der Waals surface area contributed by atoms with Gasteiger partial charge in [-0.05, 0) is 49.6 Å². The average molecular weight is 621 g/mol. The fraction of sp³-hybridized carbons (Fsp3) is 0.641. The molecule has 6 heteroatoms. The summed E-state index contributed by atoms with van der Waals surface area (Å²) in [7, 11) is 0. The van der Waals surface area contributed by atoms with Gasteiger partial charge >= 0.3 is 0 Å². The van der Waals surface area contributed by atoms with Gasteiger partial charge in [0.05, 0.1) is 29.5 Å². The molecule has 0 aliphatic carbocycles. The van der Waals surface area contributed by atoms with Gasteiger partial charge in [0.15, 0.2) is 11.5 Å². The average Bonchev–Trinajstić information content (AvgIpc) is 3.82. The predicted molar refractivity (Wildman–Crippen MR) is 185 cm³/mol. The number of carbonyl (C=O) groups is 2. The Morgan fingerprint density at radius 2 is 1.22 bits per heavy atom. The van der Waals surface area contributed by atoms with Crippen LogP contribution in [0.1, 0.15) is 161 Å². The second kappa shape index (κ2) is 21.7. The van der Waals surface area contributed by atoms with E-state index in [2.05, 4.69) is 13.8 Å². The Bertz CT molecular complexity index is 1150. The fourth-order valence-electron chi connectivity index (χ4n) is 6.51. The third-order valence-electron chi connectivity index (χ3n) is 9.11. The van der Waals surface area contributed by atoms with Crippen molar-refractivity contribution in [2.24, 2.45) is 0 Å². The first-order chi connectivity index (χ1) is 22.1. The van der Waals surface area contributed by atoms with Crippen LogP contribution in [0.15, 0.2) is 56.8 Å². The van der Waals surface area contributed by atoms with Crippen molar-refractivity contribution in [3.05, 3.63) is 59.5 Å². The predicted octanol–water partition coefficient (Wildman–Crippen LogP) is 11.2. The molecule has 0 radical (unpaired) electrons. The smallest absolute Gasteiger partial charge is 0.261 e. The van der Waals surface area contributed by atoms with E-state index in [4.69, 9.17) is 8.83 Å². The minimum atomic E-state index is -0.0869. The van der Waals surface area contributed by atoms with Crippen molar-refractivity contribution in [1.29, 1.82) is 0 Å². The number of amides is 2. The molecule has 3 heterocycles. The number of hydrogen-bond donors (Lipinski definition) is 0. The van der Waals surface area contributed by atoms with Crippen LogP contribution in [0, 0.1) is 0 Å². The van der Waals surface area contributed by atoms with Crippen molar-refractivity contribution in [2.45, 2.75) is 149 Å². The third-order valence-corrected chi connectivity index (χ3v) is 9.11. The van der Waals surface area contributed by atoms with Crippen LogP contribution in [0.25, 0.3) is 11.4 Å². The normalized spacial score (nSPS) is 14.6. The molecule has 2 aromatic rings. The summed E-state index contributed by atoms with van der Waals surface area (Å²) in [5, 5.41) is 0. The van der Waals surface area contributed by atoms with E-state index in [9.17, 15) is 9.59 Å². The zero-order chi connectivity index (χ0) is 32.1. The number of furan rings is 2. The molecule has 0 fully saturated rings. The second-order valence-electron chi connectivity index (χ2n) is 12.8. The standard InChI is InChI=1S/C39H60N2O4/c1-4-6-8-10-12-14-16-18-20-22-28-40(32-42)38(35-27-25-31-45-35)36-33(3)37(34-26-24-30-44-34)41(39(36)43)29-23-21-19-17-15-13-11-9-7-5-2/h24-27,30-32H,4-23,28-29H2,1-3H3/b38-36+. The van der Waals surface area contributed by atoms with Crippen molar-refractivity contribution >= 4 is 23.7 Å². The third kappa shape index (κ3) is 11.7. The number of nitrogens with zero attached hydrogens (tertiary/aromatic N) is 2. The van der Waals surface area contributed by atoms with Gasteiger partial charge in [-0.3, -0.25) is 9.59 Å². The van der Waals surface area contributed by atoms with E-state index >= 15 is 0 Å². The molecule has 3 rings (SSSR count). The van der Waals surface area contributed by atoms with E-state index in [1.807, 2.05) is 36.1 Å². The molecule has 0 saturated carbocycles. The first kappa shape index (κ1) is 36.4. The Balaban J connectivity index is 1.66. The summed E-state index contributed by atoms with van der Waals surface area (Å²) < 4.78 is 11.7. The van der Waals surface area contributed by atoms with E-state index < -0.39 is 0 Å². The molecule has 0 aromatic carbocycles. The van der Waals surface area contributed by atoms with Gasteiger partial charge in [0, 0.05) is 13.1 Å². The molecule has 2 amide bonds.